The first-order valence-corrected chi connectivity index (χ1v) is 10.4. The average molecular weight is 429 g/mol. The third kappa shape index (κ3) is 19.8. The second-order valence-electron chi connectivity index (χ2n) is 6.37. The van der Waals surface area contributed by atoms with Crippen molar-refractivity contribution in [3.8, 4) is 0 Å². The summed E-state index contributed by atoms with van der Waals surface area (Å²) in [5, 5.41) is 8.40. The molecule has 0 spiro atoms. The maximum atomic E-state index is 11.4. The van der Waals surface area contributed by atoms with Crippen LogP contribution in [0, 0.1) is 0 Å². The van der Waals surface area contributed by atoms with Crippen molar-refractivity contribution in [2.45, 2.75) is 58.3 Å². The molecule has 0 aliphatic heterocycles. The van der Waals surface area contributed by atoms with Gasteiger partial charge in [0.1, 0.15) is 6.42 Å². The smallest absolute Gasteiger partial charge is 0.382 e. The SMILES string of the molecule is CC/C=C\C/C=C\C/C=C\C/C=C\C/C=C\C/C=C\CC(=O)OC(=O)C(=O)CC(=O)O. The molecule has 168 valence electrons. The van der Waals surface area contributed by atoms with Gasteiger partial charge in [0, 0.05) is 0 Å². The van der Waals surface area contributed by atoms with Gasteiger partial charge >= 0.3 is 17.9 Å². The minimum atomic E-state index is -1.45. The molecule has 0 aromatic rings. The molecular formula is C25H32O6. The van der Waals surface area contributed by atoms with Gasteiger partial charge in [-0.15, -0.1) is 0 Å². The Bertz CT molecular complexity index is 735. The van der Waals surface area contributed by atoms with Crippen LogP contribution < -0.4 is 0 Å². The van der Waals surface area contributed by atoms with E-state index in [1.165, 1.54) is 6.08 Å². The Balaban J connectivity index is 3.80. The lowest BCUT2D eigenvalue weighted by Gasteiger charge is -1.98. The molecular weight excluding hydrogens is 396 g/mol. The van der Waals surface area contributed by atoms with Gasteiger partial charge in [-0.1, -0.05) is 79.8 Å². The number of hydrogen-bond donors (Lipinski definition) is 1. The molecule has 0 atom stereocenters. The van der Waals surface area contributed by atoms with Crippen LogP contribution >= 0.6 is 0 Å². The number of carbonyl (C=O) groups is 4. The summed E-state index contributed by atoms with van der Waals surface area (Å²) < 4.78 is 4.27. The van der Waals surface area contributed by atoms with E-state index in [0.717, 1.165) is 32.1 Å². The molecule has 0 saturated carbocycles. The lowest BCUT2D eigenvalue weighted by molar-refractivity contribution is -0.165. The van der Waals surface area contributed by atoms with E-state index in [2.05, 4.69) is 60.3 Å². The summed E-state index contributed by atoms with van der Waals surface area (Å²) in [6.07, 6.45) is 28.5. The number of ether oxygens (including phenoxy) is 1. The van der Waals surface area contributed by atoms with Crippen molar-refractivity contribution < 1.29 is 29.0 Å². The summed E-state index contributed by atoms with van der Waals surface area (Å²) in [5.41, 5.74) is 0. The quantitative estimate of drug-likeness (QED) is 0.157. The summed E-state index contributed by atoms with van der Waals surface area (Å²) in [6.45, 7) is 2.12. The fourth-order valence-electron chi connectivity index (χ4n) is 2.11. The summed E-state index contributed by atoms with van der Waals surface area (Å²) >= 11 is 0. The highest BCUT2D eigenvalue weighted by atomic mass is 16.6. The molecule has 31 heavy (non-hydrogen) atoms. The van der Waals surface area contributed by atoms with Crippen LogP contribution in [0.15, 0.2) is 72.9 Å². The fourth-order valence-corrected chi connectivity index (χ4v) is 2.11. The van der Waals surface area contributed by atoms with E-state index in [1.54, 1.807) is 6.08 Å². The van der Waals surface area contributed by atoms with Gasteiger partial charge < -0.3 is 9.84 Å². The van der Waals surface area contributed by atoms with Crippen LogP contribution in [0.5, 0.6) is 0 Å². The molecule has 0 heterocycles. The Morgan fingerprint density at radius 2 is 1.03 bits per heavy atom. The topological polar surface area (TPSA) is 97.7 Å². The van der Waals surface area contributed by atoms with Gasteiger partial charge in [-0.05, 0) is 38.5 Å². The predicted molar refractivity (Wildman–Crippen MR) is 121 cm³/mol. The molecule has 0 aliphatic rings. The second kappa shape index (κ2) is 20.0. The number of ketones is 1. The van der Waals surface area contributed by atoms with Gasteiger partial charge in [-0.2, -0.15) is 0 Å². The molecule has 0 rings (SSSR count). The zero-order chi connectivity index (χ0) is 23.2. The molecule has 0 radical (unpaired) electrons. The van der Waals surface area contributed by atoms with Crippen molar-refractivity contribution in [1.82, 2.24) is 0 Å². The van der Waals surface area contributed by atoms with Crippen LogP contribution in [0.3, 0.4) is 0 Å². The highest BCUT2D eigenvalue weighted by Crippen LogP contribution is 1.98. The van der Waals surface area contributed by atoms with Gasteiger partial charge in [0.15, 0.2) is 0 Å². The molecule has 1 N–H and O–H groups in total. The number of carboxylic acids is 1. The van der Waals surface area contributed by atoms with E-state index < -0.39 is 30.1 Å². The van der Waals surface area contributed by atoms with Crippen LogP contribution in [0.4, 0.5) is 0 Å². The summed E-state index contributed by atoms with van der Waals surface area (Å²) in [7, 11) is 0. The number of Topliss-reactive ketones (excluding diaryl/α,β-unsaturated/α-hetero) is 1. The third-order valence-electron chi connectivity index (χ3n) is 3.63. The second-order valence-corrected chi connectivity index (χ2v) is 6.37. The highest BCUT2D eigenvalue weighted by molar-refractivity contribution is 6.37. The zero-order valence-electron chi connectivity index (χ0n) is 18.1. The molecule has 6 heteroatoms. The highest BCUT2D eigenvalue weighted by Gasteiger charge is 2.21. The first-order chi connectivity index (χ1) is 15.0. The van der Waals surface area contributed by atoms with E-state index in [9.17, 15) is 19.2 Å². The summed E-state index contributed by atoms with van der Waals surface area (Å²) in [6, 6.07) is 0. The number of allylic oxidation sites excluding steroid dienone is 11. The van der Waals surface area contributed by atoms with Crippen LogP contribution in [0.2, 0.25) is 0 Å². The first-order valence-electron chi connectivity index (χ1n) is 10.4. The van der Waals surface area contributed by atoms with Crippen molar-refractivity contribution in [3.63, 3.8) is 0 Å². The maximum absolute atomic E-state index is 11.4. The molecule has 0 bridgehead atoms. The number of carbonyl (C=O) groups excluding carboxylic acids is 3. The lowest BCUT2D eigenvalue weighted by Crippen LogP contribution is -2.23. The van der Waals surface area contributed by atoms with Gasteiger partial charge in [0.05, 0.1) is 6.42 Å². The Morgan fingerprint density at radius 1 is 0.645 bits per heavy atom. The fraction of sp³-hybridized carbons (Fsp3) is 0.360. The molecule has 6 nitrogen and oxygen atoms in total. The van der Waals surface area contributed by atoms with Crippen LogP contribution in [-0.2, 0) is 23.9 Å². The van der Waals surface area contributed by atoms with Gasteiger partial charge in [0.25, 0.3) is 5.78 Å². The predicted octanol–water partition coefficient (Wildman–Crippen LogP) is 5.19. The number of carboxylic acid groups (broad SMARTS) is 1. The molecule has 0 fully saturated rings. The standard InChI is InChI=1S/C25H32O6/c1-2-3-4-5-6-7-8-9-10-11-12-13-14-15-16-17-18-19-20-24(29)31-25(30)22(26)21-23(27)28/h3-4,6-7,9-10,12-13,15-16,18-19H,2,5,8,11,14,17,20-21H2,1H3,(H,27,28)/b4-3-,7-6-,10-9-,13-12-,16-15-,19-18-. The molecule has 0 aromatic carbocycles. The largest absolute Gasteiger partial charge is 0.481 e. The van der Waals surface area contributed by atoms with E-state index >= 15 is 0 Å². The Kier molecular flexibility index (Phi) is 17.9. The number of esters is 2. The van der Waals surface area contributed by atoms with Crippen molar-refractivity contribution in [2.24, 2.45) is 0 Å². The van der Waals surface area contributed by atoms with Crippen molar-refractivity contribution in [1.29, 1.82) is 0 Å². The van der Waals surface area contributed by atoms with Crippen molar-refractivity contribution in [2.75, 3.05) is 0 Å². The monoisotopic (exact) mass is 428 g/mol. The van der Waals surface area contributed by atoms with Crippen LogP contribution in [0.1, 0.15) is 58.3 Å². The minimum absolute atomic E-state index is 0.170. The number of hydrogen-bond acceptors (Lipinski definition) is 5. The summed E-state index contributed by atoms with van der Waals surface area (Å²) in [5.74, 6) is -5.06. The number of rotatable bonds is 16. The van der Waals surface area contributed by atoms with Gasteiger partial charge in [-0.3, -0.25) is 14.4 Å². The van der Waals surface area contributed by atoms with Crippen LogP contribution in [-0.4, -0.2) is 28.8 Å². The Morgan fingerprint density at radius 3 is 1.42 bits per heavy atom. The third-order valence-corrected chi connectivity index (χ3v) is 3.63. The van der Waals surface area contributed by atoms with E-state index in [4.69, 9.17) is 5.11 Å². The Labute approximate surface area is 184 Å². The average Bonchev–Trinajstić information content (AvgIpc) is 2.72. The first kappa shape index (κ1) is 27.7. The maximum Gasteiger partial charge on any atom is 0.382 e. The lowest BCUT2D eigenvalue weighted by atomic mass is 10.2. The van der Waals surface area contributed by atoms with E-state index in [-0.39, 0.29) is 6.42 Å². The Hall–Kier alpha value is -3.28. The van der Waals surface area contributed by atoms with Crippen molar-refractivity contribution >= 4 is 23.7 Å². The normalized spacial score (nSPS) is 12.3. The number of aliphatic carboxylic acids is 1. The molecule has 0 amide bonds. The summed E-state index contributed by atoms with van der Waals surface area (Å²) in [4.78, 5) is 44.0. The van der Waals surface area contributed by atoms with Crippen LogP contribution in [0.25, 0.3) is 0 Å². The molecule has 0 aromatic heterocycles. The van der Waals surface area contributed by atoms with Crippen molar-refractivity contribution in [3.05, 3.63) is 72.9 Å². The van der Waals surface area contributed by atoms with Gasteiger partial charge in [-0.25, -0.2) is 4.79 Å². The minimum Gasteiger partial charge on any atom is -0.481 e. The zero-order valence-corrected chi connectivity index (χ0v) is 18.1. The van der Waals surface area contributed by atoms with Gasteiger partial charge in [0.2, 0.25) is 0 Å². The molecule has 0 aliphatic carbocycles. The molecule has 0 saturated heterocycles. The van der Waals surface area contributed by atoms with E-state index in [1.807, 2.05) is 12.2 Å². The van der Waals surface area contributed by atoms with E-state index in [0.29, 0.717) is 6.42 Å². The molecule has 0 unspecified atom stereocenters.